The van der Waals surface area contributed by atoms with Crippen LogP contribution >= 0.6 is 0 Å². The quantitative estimate of drug-likeness (QED) is 0.632. The molecule has 1 aliphatic rings. The molecule has 66 valence electrons. The summed E-state index contributed by atoms with van der Waals surface area (Å²) in [6.45, 7) is 8.55. The molecule has 0 radical (unpaired) electrons. The van der Waals surface area contributed by atoms with Crippen molar-refractivity contribution < 1.29 is 0 Å². The molecule has 0 aliphatic carbocycles. The molecule has 12 heavy (non-hydrogen) atoms. The van der Waals surface area contributed by atoms with Gasteiger partial charge in [0.05, 0.1) is 5.69 Å². The van der Waals surface area contributed by atoms with Gasteiger partial charge in [-0.25, -0.2) is 4.68 Å². The van der Waals surface area contributed by atoms with Crippen LogP contribution in [0.3, 0.4) is 0 Å². The number of hydrogen-bond donors (Lipinski definition) is 1. The lowest BCUT2D eigenvalue weighted by Crippen LogP contribution is -2.25. The minimum Gasteiger partial charge on any atom is -0.370 e. The van der Waals surface area contributed by atoms with E-state index < -0.39 is 0 Å². The van der Waals surface area contributed by atoms with Crippen molar-refractivity contribution in [3.8, 4) is 0 Å². The van der Waals surface area contributed by atoms with E-state index in [9.17, 15) is 0 Å². The van der Waals surface area contributed by atoms with Crippen LogP contribution in [0.4, 0.5) is 5.82 Å². The molecule has 1 unspecified atom stereocenters. The number of fused-ring (bicyclic) bond motifs is 1. The molecule has 0 aromatic carbocycles. The first-order chi connectivity index (χ1) is 5.68. The molecule has 2 rings (SSSR count). The summed E-state index contributed by atoms with van der Waals surface area (Å²) in [5, 5.41) is 7.86. The highest BCUT2D eigenvalue weighted by Gasteiger charge is 2.18. The summed E-state index contributed by atoms with van der Waals surface area (Å²) >= 11 is 0. The zero-order valence-electron chi connectivity index (χ0n) is 7.89. The second-order valence-corrected chi connectivity index (χ2v) is 3.73. The number of aryl methyl sites for hydroxylation is 1. The highest BCUT2D eigenvalue weighted by Crippen LogP contribution is 2.23. The molecule has 1 aromatic rings. The van der Waals surface area contributed by atoms with E-state index >= 15 is 0 Å². The Labute approximate surface area is 72.8 Å². The van der Waals surface area contributed by atoms with Gasteiger partial charge in [0, 0.05) is 18.7 Å². The zero-order chi connectivity index (χ0) is 8.72. The smallest absolute Gasteiger partial charge is 0.127 e. The van der Waals surface area contributed by atoms with Gasteiger partial charge in [0.1, 0.15) is 5.82 Å². The monoisotopic (exact) mass is 165 g/mol. The van der Waals surface area contributed by atoms with Crippen molar-refractivity contribution in [1.82, 2.24) is 9.78 Å². The van der Waals surface area contributed by atoms with Crippen LogP contribution in [0, 0.1) is 19.8 Å². The maximum absolute atomic E-state index is 4.46. The lowest BCUT2D eigenvalue weighted by atomic mass is 10.1. The Morgan fingerprint density at radius 2 is 2.25 bits per heavy atom. The summed E-state index contributed by atoms with van der Waals surface area (Å²) in [5.41, 5.74) is 2.44. The number of hydrogen-bond acceptors (Lipinski definition) is 2. The highest BCUT2D eigenvalue weighted by molar-refractivity contribution is 5.47. The summed E-state index contributed by atoms with van der Waals surface area (Å²) in [7, 11) is 0. The van der Waals surface area contributed by atoms with Crippen LogP contribution in [0.5, 0.6) is 0 Å². The van der Waals surface area contributed by atoms with Crippen LogP contribution in [-0.4, -0.2) is 16.3 Å². The van der Waals surface area contributed by atoms with E-state index in [0.29, 0.717) is 5.92 Å². The predicted molar refractivity (Wildman–Crippen MR) is 49.4 cm³/mol. The molecule has 2 heterocycles. The van der Waals surface area contributed by atoms with Gasteiger partial charge >= 0.3 is 0 Å². The molecule has 1 aromatic heterocycles. The standard InChI is InChI=1S/C9H15N3/c1-6-4-10-9-7(2)8(3)11-12(9)5-6/h6,10H,4-5H2,1-3H3. The van der Waals surface area contributed by atoms with Crippen LogP contribution in [0.1, 0.15) is 18.2 Å². The molecule has 0 spiro atoms. The third-order valence-electron chi connectivity index (χ3n) is 2.53. The third-order valence-corrected chi connectivity index (χ3v) is 2.53. The van der Waals surface area contributed by atoms with Gasteiger partial charge in [0.15, 0.2) is 0 Å². The van der Waals surface area contributed by atoms with Crippen LogP contribution in [-0.2, 0) is 6.54 Å². The van der Waals surface area contributed by atoms with E-state index in [2.05, 4.69) is 35.9 Å². The zero-order valence-corrected chi connectivity index (χ0v) is 7.89. The van der Waals surface area contributed by atoms with Gasteiger partial charge < -0.3 is 5.32 Å². The molecule has 0 saturated carbocycles. The summed E-state index contributed by atoms with van der Waals surface area (Å²) in [6.07, 6.45) is 0. The van der Waals surface area contributed by atoms with Crippen LogP contribution in [0.15, 0.2) is 0 Å². The molecular weight excluding hydrogens is 150 g/mol. The Morgan fingerprint density at radius 1 is 1.50 bits per heavy atom. The first kappa shape index (κ1) is 7.65. The number of aromatic nitrogens is 2. The SMILES string of the molecule is Cc1nn2c(c1C)NCC(C)C2. The van der Waals surface area contributed by atoms with E-state index in [1.54, 1.807) is 0 Å². The second kappa shape index (κ2) is 2.51. The largest absolute Gasteiger partial charge is 0.370 e. The summed E-state index contributed by atoms with van der Waals surface area (Å²) in [6, 6.07) is 0. The Morgan fingerprint density at radius 3 is 3.00 bits per heavy atom. The fourth-order valence-corrected chi connectivity index (χ4v) is 1.66. The average Bonchev–Trinajstić information content (AvgIpc) is 2.28. The number of anilines is 1. The van der Waals surface area contributed by atoms with Gasteiger partial charge in [-0.05, 0) is 19.8 Å². The van der Waals surface area contributed by atoms with Gasteiger partial charge in [0.25, 0.3) is 0 Å². The van der Waals surface area contributed by atoms with Gasteiger partial charge in [-0.15, -0.1) is 0 Å². The average molecular weight is 165 g/mol. The fraction of sp³-hybridized carbons (Fsp3) is 0.667. The van der Waals surface area contributed by atoms with Gasteiger partial charge in [-0.2, -0.15) is 5.10 Å². The summed E-state index contributed by atoms with van der Waals surface area (Å²) in [4.78, 5) is 0. The normalized spacial score (nSPS) is 21.8. The minimum atomic E-state index is 0.691. The molecule has 3 nitrogen and oxygen atoms in total. The van der Waals surface area contributed by atoms with Gasteiger partial charge in [-0.1, -0.05) is 6.92 Å². The molecule has 1 N–H and O–H groups in total. The summed E-state index contributed by atoms with van der Waals surface area (Å²) in [5.74, 6) is 1.90. The maximum atomic E-state index is 4.46. The van der Waals surface area contributed by atoms with Gasteiger partial charge in [-0.3, -0.25) is 0 Å². The van der Waals surface area contributed by atoms with E-state index in [0.717, 1.165) is 18.8 Å². The Balaban J connectivity index is 2.43. The van der Waals surface area contributed by atoms with Crippen LogP contribution in [0.25, 0.3) is 0 Å². The lowest BCUT2D eigenvalue weighted by molar-refractivity contribution is 0.443. The van der Waals surface area contributed by atoms with Gasteiger partial charge in [0.2, 0.25) is 0 Å². The minimum absolute atomic E-state index is 0.691. The molecule has 3 heteroatoms. The topological polar surface area (TPSA) is 29.9 Å². The first-order valence-electron chi connectivity index (χ1n) is 4.46. The first-order valence-corrected chi connectivity index (χ1v) is 4.46. The second-order valence-electron chi connectivity index (χ2n) is 3.73. The Hall–Kier alpha value is -0.990. The summed E-state index contributed by atoms with van der Waals surface area (Å²) < 4.78 is 2.08. The molecule has 0 fully saturated rings. The predicted octanol–water partition coefficient (Wildman–Crippen LogP) is 1.56. The third kappa shape index (κ3) is 1.00. The van der Waals surface area contributed by atoms with Crippen molar-refractivity contribution in [2.45, 2.75) is 27.3 Å². The van der Waals surface area contributed by atoms with Crippen molar-refractivity contribution >= 4 is 5.82 Å². The van der Waals surface area contributed by atoms with Crippen molar-refractivity contribution in [2.24, 2.45) is 5.92 Å². The molecule has 1 atom stereocenters. The Kier molecular flexibility index (Phi) is 1.60. The molecule has 0 bridgehead atoms. The van der Waals surface area contributed by atoms with Crippen molar-refractivity contribution in [3.63, 3.8) is 0 Å². The lowest BCUT2D eigenvalue weighted by Gasteiger charge is -2.22. The van der Waals surface area contributed by atoms with E-state index in [4.69, 9.17) is 0 Å². The Bertz CT molecular complexity index is 301. The van der Waals surface area contributed by atoms with Crippen LogP contribution in [0.2, 0.25) is 0 Å². The van der Waals surface area contributed by atoms with Crippen LogP contribution < -0.4 is 5.32 Å². The fourth-order valence-electron chi connectivity index (χ4n) is 1.66. The van der Waals surface area contributed by atoms with Crippen molar-refractivity contribution in [1.29, 1.82) is 0 Å². The molecule has 1 aliphatic heterocycles. The number of nitrogens with zero attached hydrogens (tertiary/aromatic N) is 2. The highest BCUT2D eigenvalue weighted by atomic mass is 15.3. The molecular formula is C9H15N3. The van der Waals surface area contributed by atoms with E-state index in [-0.39, 0.29) is 0 Å². The molecule has 0 saturated heterocycles. The maximum Gasteiger partial charge on any atom is 0.127 e. The van der Waals surface area contributed by atoms with E-state index in [1.165, 1.54) is 11.4 Å². The van der Waals surface area contributed by atoms with Crippen molar-refractivity contribution in [3.05, 3.63) is 11.3 Å². The number of rotatable bonds is 0. The van der Waals surface area contributed by atoms with E-state index in [1.807, 2.05) is 0 Å². The number of nitrogens with one attached hydrogen (secondary N) is 1. The van der Waals surface area contributed by atoms with Crippen molar-refractivity contribution in [2.75, 3.05) is 11.9 Å². The molecule has 0 amide bonds.